The zero-order valence-electron chi connectivity index (χ0n) is 8.07. The summed E-state index contributed by atoms with van der Waals surface area (Å²) in [5.74, 6) is 0.804. The number of halogens is 1. The van der Waals surface area contributed by atoms with Gasteiger partial charge in [-0.3, -0.25) is 4.98 Å². The lowest BCUT2D eigenvalue weighted by Crippen LogP contribution is -2.14. The Kier molecular flexibility index (Phi) is 1.92. The summed E-state index contributed by atoms with van der Waals surface area (Å²) in [6.07, 6.45) is 3.15. The molecule has 1 aliphatic rings. The number of H-pyrrole nitrogens is 1. The fraction of sp³-hybridized carbons (Fsp3) is 0.400. The minimum Gasteiger partial charge on any atom is -0.341 e. The Balaban J connectivity index is 1.98. The highest BCUT2D eigenvalue weighted by atomic mass is 19.1. The van der Waals surface area contributed by atoms with Gasteiger partial charge in [-0.15, -0.1) is 0 Å². The maximum absolute atomic E-state index is 13.0. The molecule has 0 aliphatic carbocycles. The van der Waals surface area contributed by atoms with E-state index in [4.69, 9.17) is 0 Å². The summed E-state index contributed by atoms with van der Waals surface area (Å²) in [7, 11) is 0. The molecule has 3 rings (SSSR count). The van der Waals surface area contributed by atoms with Crippen molar-refractivity contribution in [3.8, 4) is 0 Å². The predicted molar refractivity (Wildman–Crippen MR) is 54.1 cm³/mol. The van der Waals surface area contributed by atoms with Crippen LogP contribution in [-0.2, 0) is 0 Å². The van der Waals surface area contributed by atoms with Gasteiger partial charge in [-0.1, -0.05) is 0 Å². The van der Waals surface area contributed by atoms with Crippen molar-refractivity contribution in [2.45, 2.75) is 18.6 Å². The van der Waals surface area contributed by atoms with Gasteiger partial charge in [0.25, 0.3) is 0 Å². The summed E-state index contributed by atoms with van der Waals surface area (Å²) < 4.78 is 13.0. The van der Waals surface area contributed by atoms with Crippen LogP contribution in [0.3, 0.4) is 0 Å². The van der Waals surface area contributed by atoms with Crippen LogP contribution in [0.1, 0.15) is 18.3 Å². The first-order valence-corrected chi connectivity index (χ1v) is 5.00. The number of aromatic nitrogens is 3. The molecule has 3 heterocycles. The molecule has 1 fully saturated rings. The Morgan fingerprint density at radius 3 is 3.13 bits per heavy atom. The third-order valence-electron chi connectivity index (χ3n) is 2.71. The monoisotopic (exact) mass is 206 g/mol. The van der Waals surface area contributed by atoms with E-state index in [1.54, 1.807) is 12.4 Å². The van der Waals surface area contributed by atoms with Gasteiger partial charge in [0.15, 0.2) is 0 Å². The second-order valence-electron chi connectivity index (χ2n) is 3.81. The zero-order valence-corrected chi connectivity index (χ0v) is 8.07. The predicted octanol–water partition coefficient (Wildman–Crippen LogP) is 1.33. The van der Waals surface area contributed by atoms with Crippen molar-refractivity contribution in [3.05, 3.63) is 24.3 Å². The lowest BCUT2D eigenvalue weighted by atomic mass is 10.2. The van der Waals surface area contributed by atoms with Gasteiger partial charge in [-0.05, 0) is 6.07 Å². The first-order valence-electron chi connectivity index (χ1n) is 5.00. The Morgan fingerprint density at radius 1 is 1.47 bits per heavy atom. The number of aromatic amines is 1. The molecule has 0 bridgehead atoms. The van der Waals surface area contributed by atoms with Crippen LogP contribution in [0.25, 0.3) is 11.0 Å². The second kappa shape index (κ2) is 3.27. The second-order valence-corrected chi connectivity index (χ2v) is 3.81. The molecular formula is C10H11FN4. The van der Waals surface area contributed by atoms with Gasteiger partial charge in [0.2, 0.25) is 0 Å². The standard InChI is InChI=1S/C10H11FN4/c11-6-3-8(13-4-6)10-14-7-1-2-12-5-9(7)15-10/h1-2,5-6,8,13H,3-4H2,(H,14,15)/t6-,8+/m1/s1. The molecule has 5 heteroatoms. The lowest BCUT2D eigenvalue weighted by molar-refractivity contribution is 0.355. The van der Waals surface area contributed by atoms with Crippen molar-refractivity contribution in [3.63, 3.8) is 0 Å². The molecule has 78 valence electrons. The van der Waals surface area contributed by atoms with Crippen molar-refractivity contribution in [1.29, 1.82) is 0 Å². The van der Waals surface area contributed by atoms with E-state index in [0.29, 0.717) is 13.0 Å². The van der Waals surface area contributed by atoms with E-state index < -0.39 is 6.17 Å². The van der Waals surface area contributed by atoms with E-state index in [1.807, 2.05) is 6.07 Å². The summed E-state index contributed by atoms with van der Waals surface area (Å²) in [5, 5.41) is 3.09. The molecular weight excluding hydrogens is 195 g/mol. The lowest BCUT2D eigenvalue weighted by Gasteiger charge is -2.04. The Labute approximate surface area is 85.9 Å². The average molecular weight is 206 g/mol. The van der Waals surface area contributed by atoms with Crippen molar-refractivity contribution < 1.29 is 4.39 Å². The summed E-state index contributed by atoms with van der Waals surface area (Å²) in [6, 6.07) is 1.88. The van der Waals surface area contributed by atoms with E-state index in [0.717, 1.165) is 16.9 Å². The van der Waals surface area contributed by atoms with Gasteiger partial charge in [0, 0.05) is 19.2 Å². The van der Waals surface area contributed by atoms with Gasteiger partial charge < -0.3 is 10.3 Å². The Hall–Kier alpha value is -1.49. The molecule has 0 radical (unpaired) electrons. The highest BCUT2D eigenvalue weighted by Gasteiger charge is 2.26. The van der Waals surface area contributed by atoms with E-state index in [-0.39, 0.29) is 6.04 Å². The molecule has 1 saturated heterocycles. The van der Waals surface area contributed by atoms with Crippen LogP contribution in [0, 0.1) is 0 Å². The molecule has 15 heavy (non-hydrogen) atoms. The molecule has 0 amide bonds. The van der Waals surface area contributed by atoms with Crippen LogP contribution >= 0.6 is 0 Å². The minimum atomic E-state index is -0.763. The fourth-order valence-corrected chi connectivity index (χ4v) is 1.94. The van der Waals surface area contributed by atoms with Gasteiger partial charge in [0.05, 0.1) is 17.8 Å². The number of imidazole rings is 1. The smallest absolute Gasteiger partial charge is 0.124 e. The minimum absolute atomic E-state index is 0.00685. The molecule has 2 atom stereocenters. The van der Waals surface area contributed by atoms with E-state index >= 15 is 0 Å². The number of hydrogen-bond acceptors (Lipinski definition) is 3. The van der Waals surface area contributed by atoms with Gasteiger partial charge in [-0.25, -0.2) is 9.37 Å². The summed E-state index contributed by atoms with van der Waals surface area (Å²) in [6.45, 7) is 0.417. The molecule has 1 aliphatic heterocycles. The molecule has 0 saturated carbocycles. The van der Waals surface area contributed by atoms with Crippen LogP contribution in [0.4, 0.5) is 4.39 Å². The van der Waals surface area contributed by atoms with Crippen molar-refractivity contribution in [2.24, 2.45) is 0 Å². The molecule has 0 aromatic carbocycles. The number of rotatable bonds is 1. The third kappa shape index (κ3) is 1.48. The Morgan fingerprint density at radius 2 is 2.40 bits per heavy atom. The van der Waals surface area contributed by atoms with Gasteiger partial charge >= 0.3 is 0 Å². The van der Waals surface area contributed by atoms with E-state index in [9.17, 15) is 4.39 Å². The molecule has 4 nitrogen and oxygen atoms in total. The maximum Gasteiger partial charge on any atom is 0.124 e. The zero-order chi connectivity index (χ0) is 10.3. The van der Waals surface area contributed by atoms with E-state index in [1.165, 1.54) is 0 Å². The largest absolute Gasteiger partial charge is 0.341 e. The van der Waals surface area contributed by atoms with E-state index in [2.05, 4.69) is 20.3 Å². The first kappa shape index (κ1) is 8.79. The van der Waals surface area contributed by atoms with Crippen LogP contribution in [0.2, 0.25) is 0 Å². The summed E-state index contributed by atoms with van der Waals surface area (Å²) in [5.41, 5.74) is 1.78. The molecule has 2 N–H and O–H groups in total. The SMILES string of the molecule is F[C@H]1CN[C@H](c2nc3cnccc3[nH]2)C1. The normalized spacial score (nSPS) is 26.2. The highest BCUT2D eigenvalue weighted by Crippen LogP contribution is 2.24. The number of nitrogens with zero attached hydrogens (tertiary/aromatic N) is 2. The van der Waals surface area contributed by atoms with Crippen LogP contribution in [0.5, 0.6) is 0 Å². The number of nitrogens with one attached hydrogen (secondary N) is 2. The Bertz CT molecular complexity index is 448. The molecule has 2 aromatic heterocycles. The van der Waals surface area contributed by atoms with Crippen LogP contribution in [-0.4, -0.2) is 27.7 Å². The quantitative estimate of drug-likeness (QED) is 0.740. The van der Waals surface area contributed by atoms with Crippen LogP contribution in [0.15, 0.2) is 18.5 Å². The number of alkyl halides is 1. The van der Waals surface area contributed by atoms with Crippen molar-refractivity contribution in [1.82, 2.24) is 20.3 Å². The highest BCUT2D eigenvalue weighted by molar-refractivity contribution is 5.73. The summed E-state index contributed by atoms with van der Waals surface area (Å²) >= 11 is 0. The molecule has 0 unspecified atom stereocenters. The first-order chi connectivity index (χ1) is 7.33. The number of hydrogen-bond donors (Lipinski definition) is 2. The molecule has 2 aromatic rings. The fourth-order valence-electron chi connectivity index (χ4n) is 1.94. The van der Waals surface area contributed by atoms with Gasteiger partial charge in [-0.2, -0.15) is 0 Å². The van der Waals surface area contributed by atoms with Crippen molar-refractivity contribution >= 4 is 11.0 Å². The number of fused-ring (bicyclic) bond motifs is 1. The van der Waals surface area contributed by atoms with Crippen molar-refractivity contribution in [2.75, 3.05) is 6.54 Å². The maximum atomic E-state index is 13.0. The summed E-state index contributed by atoms with van der Waals surface area (Å²) in [4.78, 5) is 11.6. The molecule has 0 spiro atoms. The topological polar surface area (TPSA) is 53.6 Å². The average Bonchev–Trinajstić information content (AvgIpc) is 2.82. The van der Waals surface area contributed by atoms with Crippen LogP contribution < -0.4 is 5.32 Å². The third-order valence-corrected chi connectivity index (χ3v) is 2.71. The van der Waals surface area contributed by atoms with Gasteiger partial charge in [0.1, 0.15) is 17.5 Å². The number of pyridine rings is 1.